The average molecular weight is 280 g/mol. The van der Waals surface area contributed by atoms with E-state index in [0.29, 0.717) is 0 Å². The Morgan fingerprint density at radius 2 is 1.76 bits per heavy atom. The van der Waals surface area contributed by atoms with Crippen molar-refractivity contribution in [3.05, 3.63) is 0 Å². The lowest BCUT2D eigenvalue weighted by atomic mass is 10.2. The first kappa shape index (κ1) is 16.4. The van der Waals surface area contributed by atoms with Gasteiger partial charge in [-0.2, -0.15) is 22.0 Å². The number of nitrogens with two attached hydrogens (primary N) is 1. The van der Waals surface area contributed by atoms with Crippen molar-refractivity contribution < 1.29 is 26.7 Å². The molecule has 0 bridgehead atoms. The van der Waals surface area contributed by atoms with Gasteiger partial charge in [-0.1, -0.05) is 0 Å². The molecule has 102 valence electrons. The van der Waals surface area contributed by atoms with E-state index in [0.717, 1.165) is 4.90 Å². The summed E-state index contributed by atoms with van der Waals surface area (Å²) in [5.41, 5.74) is 4.89. The highest BCUT2D eigenvalue weighted by Crippen LogP contribution is 2.42. The number of carbonyl (C=O) groups is 1. The molecule has 0 radical (unpaired) electrons. The van der Waals surface area contributed by atoms with Crippen molar-refractivity contribution in [2.75, 3.05) is 26.4 Å². The van der Waals surface area contributed by atoms with Gasteiger partial charge in [0.05, 0.1) is 11.0 Å². The molecule has 0 rings (SSSR count). The summed E-state index contributed by atoms with van der Waals surface area (Å²) >= 11 is 0.206. The van der Waals surface area contributed by atoms with E-state index in [2.05, 4.69) is 0 Å². The third-order valence-electron chi connectivity index (χ3n) is 1.90. The smallest absolute Gasteiger partial charge is 0.348 e. The number of alkyl halides is 5. The molecule has 0 aromatic carbocycles. The molecule has 3 nitrogen and oxygen atoms in total. The first-order valence-electron chi connectivity index (χ1n) is 4.50. The Bertz CT molecular complexity index is 269. The molecular formula is C8H13F5N2OS. The van der Waals surface area contributed by atoms with Crippen molar-refractivity contribution in [3.8, 4) is 0 Å². The first-order chi connectivity index (χ1) is 7.54. The second-order valence-corrected chi connectivity index (χ2v) is 4.64. The fourth-order valence-electron chi connectivity index (χ4n) is 0.804. The molecule has 0 spiro atoms. The number of nitrogens with zero attached hydrogens (tertiary/aromatic N) is 1. The van der Waals surface area contributed by atoms with Gasteiger partial charge in [-0.3, -0.25) is 4.79 Å². The van der Waals surface area contributed by atoms with Crippen LogP contribution in [0.4, 0.5) is 22.0 Å². The van der Waals surface area contributed by atoms with Crippen molar-refractivity contribution in [3.63, 3.8) is 0 Å². The van der Waals surface area contributed by atoms with E-state index in [1.54, 1.807) is 0 Å². The van der Waals surface area contributed by atoms with E-state index in [4.69, 9.17) is 5.73 Å². The molecule has 0 heterocycles. The van der Waals surface area contributed by atoms with Gasteiger partial charge in [0.1, 0.15) is 0 Å². The van der Waals surface area contributed by atoms with E-state index in [1.807, 2.05) is 0 Å². The monoisotopic (exact) mass is 280 g/mol. The summed E-state index contributed by atoms with van der Waals surface area (Å²) in [6, 6.07) is 0. The number of carbonyl (C=O) groups excluding carboxylic acids is 1. The zero-order valence-electron chi connectivity index (χ0n) is 9.22. The molecule has 1 amide bonds. The molecule has 0 fully saturated rings. The van der Waals surface area contributed by atoms with Crippen molar-refractivity contribution in [1.29, 1.82) is 0 Å². The van der Waals surface area contributed by atoms with Gasteiger partial charge in [0.15, 0.2) is 0 Å². The van der Waals surface area contributed by atoms with Gasteiger partial charge >= 0.3 is 12.1 Å². The van der Waals surface area contributed by atoms with Crippen molar-refractivity contribution in [2.24, 2.45) is 5.73 Å². The molecule has 0 saturated carbocycles. The van der Waals surface area contributed by atoms with E-state index < -0.39 is 35.6 Å². The van der Waals surface area contributed by atoms with Gasteiger partial charge in [-0.25, -0.2) is 0 Å². The molecule has 17 heavy (non-hydrogen) atoms. The van der Waals surface area contributed by atoms with Gasteiger partial charge < -0.3 is 10.6 Å². The van der Waals surface area contributed by atoms with Crippen LogP contribution < -0.4 is 5.73 Å². The normalized spacial score (nSPS) is 14.6. The lowest BCUT2D eigenvalue weighted by molar-refractivity contribution is -0.280. The second kappa shape index (κ2) is 5.85. The van der Waals surface area contributed by atoms with Crippen LogP contribution in [0.2, 0.25) is 0 Å². The zero-order chi connectivity index (χ0) is 13.9. The van der Waals surface area contributed by atoms with Crippen LogP contribution in [0.5, 0.6) is 0 Å². The van der Waals surface area contributed by atoms with Crippen LogP contribution in [0.25, 0.3) is 0 Å². The van der Waals surface area contributed by atoms with Gasteiger partial charge in [-0.15, -0.1) is 11.8 Å². The Hall–Kier alpha value is -0.570. The molecule has 0 aliphatic carbocycles. The number of thioether (sulfide) groups is 1. The quantitative estimate of drug-likeness (QED) is 0.773. The molecule has 2 N–H and O–H groups in total. The number of halogens is 5. The van der Waals surface area contributed by atoms with E-state index >= 15 is 0 Å². The van der Waals surface area contributed by atoms with Crippen LogP contribution in [-0.4, -0.2) is 54.5 Å². The highest BCUT2D eigenvalue weighted by Gasteiger charge is 2.62. The molecule has 1 unspecified atom stereocenters. The number of amides is 1. The largest absolute Gasteiger partial charge is 0.454 e. The van der Waals surface area contributed by atoms with Crippen LogP contribution in [0.1, 0.15) is 0 Å². The minimum Gasteiger partial charge on any atom is -0.348 e. The Labute approximate surface area is 99.5 Å². The highest BCUT2D eigenvalue weighted by atomic mass is 32.2. The molecule has 1 atom stereocenters. The molecule has 0 aliphatic heterocycles. The minimum atomic E-state index is -5.66. The summed E-state index contributed by atoms with van der Waals surface area (Å²) in [6.07, 6.45) is -5.66. The number of rotatable bonds is 5. The summed E-state index contributed by atoms with van der Waals surface area (Å²) in [5, 5.41) is -2.16. The molecule has 9 heteroatoms. The van der Waals surface area contributed by atoms with Gasteiger partial charge in [0, 0.05) is 20.6 Å². The third-order valence-corrected chi connectivity index (χ3v) is 3.21. The summed E-state index contributed by atoms with van der Waals surface area (Å²) in [7, 11) is 2.75. The highest BCUT2D eigenvalue weighted by molar-refractivity contribution is 8.00. The van der Waals surface area contributed by atoms with Crippen LogP contribution in [-0.2, 0) is 4.79 Å². The SMILES string of the molecule is CN(C)C(=O)CSC(CN)C(F)(F)C(F)(F)F. The molecule has 0 aliphatic rings. The Kier molecular flexibility index (Phi) is 5.66. The summed E-state index contributed by atoms with van der Waals surface area (Å²) in [6.45, 7) is -0.863. The topological polar surface area (TPSA) is 46.3 Å². The minimum absolute atomic E-state index is 0.206. The van der Waals surface area contributed by atoms with E-state index in [1.165, 1.54) is 14.1 Å². The van der Waals surface area contributed by atoms with Gasteiger partial charge in [-0.05, 0) is 0 Å². The lowest BCUT2D eigenvalue weighted by Gasteiger charge is -2.27. The maximum Gasteiger partial charge on any atom is 0.454 e. The molecular weight excluding hydrogens is 267 g/mol. The van der Waals surface area contributed by atoms with Crippen molar-refractivity contribution >= 4 is 17.7 Å². The van der Waals surface area contributed by atoms with Crippen LogP contribution in [0, 0.1) is 0 Å². The molecule has 0 aromatic rings. The molecule has 0 saturated heterocycles. The second-order valence-electron chi connectivity index (χ2n) is 3.44. The van der Waals surface area contributed by atoms with E-state index in [-0.39, 0.29) is 11.8 Å². The predicted molar refractivity (Wildman–Crippen MR) is 55.0 cm³/mol. The zero-order valence-corrected chi connectivity index (χ0v) is 10.0. The van der Waals surface area contributed by atoms with Crippen LogP contribution in [0.15, 0.2) is 0 Å². The van der Waals surface area contributed by atoms with Crippen LogP contribution >= 0.6 is 11.8 Å². The lowest BCUT2D eigenvalue weighted by Crippen LogP contribution is -2.49. The van der Waals surface area contributed by atoms with Crippen LogP contribution in [0.3, 0.4) is 0 Å². The average Bonchev–Trinajstić information content (AvgIpc) is 2.15. The van der Waals surface area contributed by atoms with Crippen molar-refractivity contribution in [1.82, 2.24) is 4.90 Å². The standard InChI is InChI=1S/C8H13F5N2OS/c1-15(2)6(16)4-17-5(3-14)7(9,10)8(11,12)13/h5H,3-4,14H2,1-2H3. The summed E-state index contributed by atoms with van der Waals surface area (Å²) in [4.78, 5) is 12.2. The Morgan fingerprint density at radius 1 is 1.29 bits per heavy atom. The Balaban J connectivity index is 4.59. The summed E-state index contributed by atoms with van der Waals surface area (Å²) in [5.74, 6) is -5.93. The third kappa shape index (κ3) is 4.30. The fourth-order valence-corrected chi connectivity index (χ4v) is 1.89. The fraction of sp³-hybridized carbons (Fsp3) is 0.875. The first-order valence-corrected chi connectivity index (χ1v) is 5.55. The number of hydrogen-bond donors (Lipinski definition) is 1. The van der Waals surface area contributed by atoms with E-state index in [9.17, 15) is 26.7 Å². The predicted octanol–water partition coefficient (Wildman–Crippen LogP) is 1.33. The maximum atomic E-state index is 12.9. The van der Waals surface area contributed by atoms with Crippen molar-refractivity contribution in [2.45, 2.75) is 17.3 Å². The van der Waals surface area contributed by atoms with Gasteiger partial charge in [0.25, 0.3) is 0 Å². The maximum absolute atomic E-state index is 12.9. The van der Waals surface area contributed by atoms with Gasteiger partial charge in [0.2, 0.25) is 5.91 Å². The molecule has 0 aromatic heterocycles. The number of hydrogen-bond acceptors (Lipinski definition) is 3. The summed E-state index contributed by atoms with van der Waals surface area (Å²) < 4.78 is 61.9. The Morgan fingerprint density at radius 3 is 2.06 bits per heavy atom.